The number of unbranched alkanes of at least 4 members (excludes halogenated alkanes) is 5. The number of methoxy groups -OCH3 is 5. The third-order valence-electron chi connectivity index (χ3n) is 9.39. The van der Waals surface area contributed by atoms with Gasteiger partial charge in [0, 0.05) is 18.2 Å². The Kier molecular flexibility index (Phi) is 17.3. The van der Waals surface area contributed by atoms with Gasteiger partial charge in [-0.05, 0) is 63.1 Å². The number of rotatable bonds is 22. The number of nitro groups is 1. The van der Waals surface area contributed by atoms with Gasteiger partial charge in [0.05, 0.1) is 86.9 Å². The van der Waals surface area contributed by atoms with Gasteiger partial charge in [0.15, 0.2) is 17.2 Å². The van der Waals surface area contributed by atoms with Crippen molar-refractivity contribution >= 4 is 46.4 Å². The molecule has 17 nitrogen and oxygen atoms in total. The molecule has 0 aromatic heterocycles. The lowest BCUT2D eigenvalue weighted by atomic mass is 10.1. The highest BCUT2D eigenvalue weighted by atomic mass is 16.6. The SMILES string of the molecule is CCCCCCCCOc1cc(NC(=O)c2cc(OC(C)C)cc(NC(=O)c3cc(C)cc([N+](=O)[O-])c3OC)c2OC)c(OC)c(C(=O)Nc2cccc(C(=O)OC)c2OC)c1. The summed E-state index contributed by atoms with van der Waals surface area (Å²) >= 11 is 0. The Morgan fingerprint density at radius 3 is 1.66 bits per heavy atom. The van der Waals surface area contributed by atoms with E-state index >= 15 is 0 Å². The maximum Gasteiger partial charge on any atom is 0.341 e. The molecule has 0 radical (unpaired) electrons. The highest BCUT2D eigenvalue weighted by Crippen LogP contribution is 2.40. The Morgan fingerprint density at radius 2 is 1.13 bits per heavy atom. The molecule has 4 aromatic carbocycles. The van der Waals surface area contributed by atoms with Crippen LogP contribution in [0.2, 0.25) is 0 Å². The van der Waals surface area contributed by atoms with Gasteiger partial charge in [0.1, 0.15) is 17.1 Å². The third kappa shape index (κ3) is 11.8. The molecule has 0 spiro atoms. The number of nitro benzene ring substituents is 1. The van der Waals surface area contributed by atoms with Crippen LogP contribution in [0.4, 0.5) is 22.7 Å². The Labute approximate surface area is 360 Å². The summed E-state index contributed by atoms with van der Waals surface area (Å²) in [7, 11) is 6.41. The van der Waals surface area contributed by atoms with Gasteiger partial charge in [-0.15, -0.1) is 0 Å². The molecule has 0 aliphatic rings. The van der Waals surface area contributed by atoms with Crippen LogP contribution < -0.4 is 44.4 Å². The molecule has 0 atom stereocenters. The van der Waals surface area contributed by atoms with Gasteiger partial charge in [0.25, 0.3) is 17.7 Å². The summed E-state index contributed by atoms with van der Waals surface area (Å²) in [5.74, 6) is -2.82. The number of nitrogens with one attached hydrogen (secondary N) is 3. The van der Waals surface area contributed by atoms with Crippen molar-refractivity contribution in [3.05, 3.63) is 92.5 Å². The molecule has 0 saturated carbocycles. The molecule has 0 saturated heterocycles. The minimum atomic E-state index is -0.790. The van der Waals surface area contributed by atoms with E-state index in [1.54, 1.807) is 32.9 Å². The molecule has 0 fully saturated rings. The summed E-state index contributed by atoms with van der Waals surface area (Å²) in [4.78, 5) is 66.1. The minimum absolute atomic E-state index is 0.00167. The van der Waals surface area contributed by atoms with E-state index in [2.05, 4.69) is 22.9 Å². The monoisotopic (exact) mass is 858 g/mol. The first-order valence-electron chi connectivity index (χ1n) is 20.0. The van der Waals surface area contributed by atoms with Crippen LogP contribution in [0.25, 0.3) is 0 Å². The minimum Gasteiger partial charge on any atom is -0.494 e. The molecule has 0 aliphatic carbocycles. The highest BCUT2D eigenvalue weighted by Gasteiger charge is 2.28. The summed E-state index contributed by atoms with van der Waals surface area (Å²) in [6.45, 7) is 7.61. The lowest BCUT2D eigenvalue weighted by Gasteiger charge is -2.20. The zero-order valence-corrected chi connectivity index (χ0v) is 36.5. The second kappa shape index (κ2) is 22.5. The fourth-order valence-electron chi connectivity index (χ4n) is 6.63. The average Bonchev–Trinajstić information content (AvgIpc) is 3.24. The molecule has 4 rings (SSSR count). The number of ether oxygens (including phenoxy) is 7. The summed E-state index contributed by atoms with van der Waals surface area (Å²) < 4.78 is 39.2. The first kappa shape index (κ1) is 47.6. The second-order valence-corrected chi connectivity index (χ2v) is 14.2. The Hall–Kier alpha value is -7.04. The zero-order chi connectivity index (χ0) is 45.5. The van der Waals surface area contributed by atoms with Crippen molar-refractivity contribution in [1.29, 1.82) is 0 Å². The standard InChI is InChI=1S/C45H54N4O13/c1-10-11-12-13-14-15-19-61-28-22-32(43(51)46-34-18-16-17-30(38(34)56-5)45(53)60-9)39(57-6)35(24-28)47-44(52)33-23-29(62-26(2)3)25-36(40(33)58-7)48-42(50)31-20-27(4)21-37(49(54)55)41(31)59-8/h16-18,20-26H,10-15,19H2,1-9H3,(H,46,51)(H,47,52)(H,48,50). The predicted octanol–water partition coefficient (Wildman–Crippen LogP) is 9.01. The Morgan fingerprint density at radius 1 is 0.629 bits per heavy atom. The molecule has 0 bridgehead atoms. The predicted molar refractivity (Wildman–Crippen MR) is 233 cm³/mol. The second-order valence-electron chi connectivity index (χ2n) is 14.2. The van der Waals surface area contributed by atoms with E-state index in [0.717, 1.165) is 38.5 Å². The quantitative estimate of drug-likeness (QED) is 0.0292. The summed E-state index contributed by atoms with van der Waals surface area (Å²) in [6.07, 6.45) is 5.73. The van der Waals surface area contributed by atoms with Gasteiger partial charge in [-0.3, -0.25) is 24.5 Å². The fourth-order valence-corrected chi connectivity index (χ4v) is 6.63. The maximum atomic E-state index is 14.4. The molecule has 3 amide bonds. The molecule has 0 heterocycles. The number of anilines is 3. The smallest absolute Gasteiger partial charge is 0.341 e. The van der Waals surface area contributed by atoms with Gasteiger partial charge >= 0.3 is 11.7 Å². The van der Waals surface area contributed by atoms with Crippen LogP contribution in [-0.4, -0.2) is 76.9 Å². The largest absolute Gasteiger partial charge is 0.494 e. The van der Waals surface area contributed by atoms with Crippen molar-refractivity contribution in [2.24, 2.45) is 0 Å². The molecule has 0 unspecified atom stereocenters. The number of benzene rings is 4. The van der Waals surface area contributed by atoms with Crippen molar-refractivity contribution < 1.29 is 57.3 Å². The van der Waals surface area contributed by atoms with E-state index in [1.807, 2.05) is 0 Å². The van der Waals surface area contributed by atoms with E-state index in [0.29, 0.717) is 12.2 Å². The number of hydrogen-bond acceptors (Lipinski definition) is 13. The van der Waals surface area contributed by atoms with Gasteiger partial charge in [0.2, 0.25) is 5.75 Å². The highest BCUT2D eigenvalue weighted by molar-refractivity contribution is 6.14. The number of amides is 3. The number of carbonyl (C=O) groups is 4. The first-order chi connectivity index (χ1) is 29.7. The number of aryl methyl sites for hydroxylation is 1. The average molecular weight is 859 g/mol. The van der Waals surface area contributed by atoms with Crippen molar-refractivity contribution in [1.82, 2.24) is 0 Å². The number of hydrogen-bond donors (Lipinski definition) is 3. The van der Waals surface area contributed by atoms with Crippen LogP contribution in [0.5, 0.6) is 34.5 Å². The maximum absolute atomic E-state index is 14.4. The van der Waals surface area contributed by atoms with E-state index in [1.165, 1.54) is 78.0 Å². The normalized spacial score (nSPS) is 10.7. The lowest BCUT2D eigenvalue weighted by Crippen LogP contribution is -2.20. The molecule has 332 valence electrons. The van der Waals surface area contributed by atoms with Gasteiger partial charge in [-0.25, -0.2) is 4.79 Å². The molecule has 0 aliphatic heterocycles. The molecule has 4 aromatic rings. The number of carbonyl (C=O) groups excluding carboxylic acids is 4. The third-order valence-corrected chi connectivity index (χ3v) is 9.39. The zero-order valence-electron chi connectivity index (χ0n) is 36.5. The number of esters is 1. The van der Waals surface area contributed by atoms with Crippen LogP contribution in [0.3, 0.4) is 0 Å². The van der Waals surface area contributed by atoms with Crippen LogP contribution in [0.1, 0.15) is 106 Å². The number of para-hydroxylation sites is 1. The van der Waals surface area contributed by atoms with E-state index in [-0.39, 0.29) is 79.9 Å². The van der Waals surface area contributed by atoms with Crippen LogP contribution in [0.15, 0.2) is 54.6 Å². The number of nitrogens with zero attached hydrogens (tertiary/aromatic N) is 1. The van der Waals surface area contributed by atoms with Crippen molar-refractivity contribution in [2.45, 2.75) is 72.3 Å². The topological polar surface area (TPSA) is 212 Å². The lowest BCUT2D eigenvalue weighted by molar-refractivity contribution is -0.385. The van der Waals surface area contributed by atoms with Gasteiger partial charge < -0.3 is 49.1 Å². The summed E-state index contributed by atoms with van der Waals surface area (Å²) in [5, 5.41) is 20.1. The van der Waals surface area contributed by atoms with Crippen LogP contribution >= 0.6 is 0 Å². The fraction of sp³-hybridized carbons (Fsp3) is 0.378. The Balaban J connectivity index is 1.80. The van der Waals surface area contributed by atoms with Crippen molar-refractivity contribution in [3.63, 3.8) is 0 Å². The summed E-state index contributed by atoms with van der Waals surface area (Å²) in [6, 6.07) is 13.2. The molecular weight excluding hydrogens is 805 g/mol. The van der Waals surface area contributed by atoms with Crippen molar-refractivity contribution in [3.8, 4) is 34.5 Å². The van der Waals surface area contributed by atoms with E-state index in [4.69, 9.17) is 33.2 Å². The molecule has 3 N–H and O–H groups in total. The van der Waals surface area contributed by atoms with E-state index < -0.39 is 34.3 Å². The molecular formula is C45H54N4O13. The summed E-state index contributed by atoms with van der Waals surface area (Å²) in [5.41, 5.74) is 0.0328. The van der Waals surface area contributed by atoms with E-state index in [9.17, 15) is 29.3 Å². The molecule has 62 heavy (non-hydrogen) atoms. The van der Waals surface area contributed by atoms with Crippen LogP contribution in [0, 0.1) is 17.0 Å². The first-order valence-corrected chi connectivity index (χ1v) is 20.0. The molecule has 17 heteroatoms. The van der Waals surface area contributed by atoms with Crippen LogP contribution in [-0.2, 0) is 4.74 Å². The van der Waals surface area contributed by atoms with Gasteiger partial charge in [-0.2, -0.15) is 0 Å². The van der Waals surface area contributed by atoms with Crippen molar-refractivity contribution in [2.75, 3.05) is 58.1 Å². The van der Waals surface area contributed by atoms with Gasteiger partial charge in [-0.1, -0.05) is 45.1 Å². The Bertz CT molecular complexity index is 2280.